The lowest BCUT2D eigenvalue weighted by Crippen LogP contribution is -2.09. The van der Waals surface area contributed by atoms with Gasteiger partial charge in [-0.3, -0.25) is 4.40 Å². The number of benzene rings is 1. The average Bonchev–Trinajstić information content (AvgIpc) is 3.46. The van der Waals surface area contributed by atoms with E-state index in [1.807, 2.05) is 39.3 Å². The van der Waals surface area contributed by atoms with Crippen molar-refractivity contribution in [3.63, 3.8) is 0 Å². The largest absolute Gasteiger partial charge is 0.378 e. The first-order valence-electron chi connectivity index (χ1n) is 9.05. The maximum absolute atomic E-state index is 6.37. The van der Waals surface area contributed by atoms with E-state index in [-0.39, 0.29) is 12.0 Å². The molecule has 6 rings (SSSR count). The summed E-state index contributed by atoms with van der Waals surface area (Å²) >= 11 is 6.37. The van der Waals surface area contributed by atoms with Gasteiger partial charge in [0, 0.05) is 17.9 Å². The predicted molar refractivity (Wildman–Crippen MR) is 102 cm³/mol. The van der Waals surface area contributed by atoms with Gasteiger partial charge in [0.1, 0.15) is 5.65 Å². The highest BCUT2D eigenvalue weighted by atomic mass is 35.5. The van der Waals surface area contributed by atoms with Crippen LogP contribution in [0.5, 0.6) is 0 Å². The summed E-state index contributed by atoms with van der Waals surface area (Å²) in [5.41, 5.74) is 3.28. The molecule has 9 nitrogen and oxygen atoms in total. The average molecular weight is 395 g/mol. The zero-order valence-corrected chi connectivity index (χ0v) is 15.7. The van der Waals surface area contributed by atoms with Gasteiger partial charge in [0.05, 0.1) is 29.7 Å². The van der Waals surface area contributed by atoms with Gasteiger partial charge in [0.2, 0.25) is 5.28 Å². The fourth-order valence-electron chi connectivity index (χ4n) is 4.03. The normalized spacial score (nSPS) is 20.1. The summed E-state index contributed by atoms with van der Waals surface area (Å²) in [6.45, 7) is 2.81. The van der Waals surface area contributed by atoms with E-state index in [2.05, 4.69) is 32.4 Å². The van der Waals surface area contributed by atoms with E-state index in [1.165, 1.54) is 0 Å². The van der Waals surface area contributed by atoms with Crippen LogP contribution < -0.4 is 0 Å². The highest BCUT2D eigenvalue weighted by Gasteiger charge is 2.29. The summed E-state index contributed by atoms with van der Waals surface area (Å²) in [5.74, 6) is 0.769. The molecule has 4 aromatic heterocycles. The van der Waals surface area contributed by atoms with Crippen molar-refractivity contribution < 1.29 is 4.74 Å². The first-order chi connectivity index (χ1) is 13.7. The fraction of sp³-hybridized carbons (Fsp3) is 0.278. The van der Waals surface area contributed by atoms with Crippen molar-refractivity contribution in [3.8, 4) is 5.95 Å². The number of para-hydroxylation sites is 1. The zero-order valence-electron chi connectivity index (χ0n) is 14.9. The van der Waals surface area contributed by atoms with Crippen molar-refractivity contribution in [2.45, 2.75) is 25.4 Å². The number of ether oxygens (including phenoxy) is 1. The Morgan fingerprint density at radius 1 is 1.14 bits per heavy atom. The van der Waals surface area contributed by atoms with E-state index < -0.39 is 0 Å². The van der Waals surface area contributed by atoms with Crippen molar-refractivity contribution in [2.75, 3.05) is 6.61 Å². The van der Waals surface area contributed by atoms with Crippen molar-refractivity contribution in [3.05, 3.63) is 47.6 Å². The molecule has 2 atom stereocenters. The molecule has 28 heavy (non-hydrogen) atoms. The van der Waals surface area contributed by atoms with Gasteiger partial charge in [-0.1, -0.05) is 17.3 Å². The van der Waals surface area contributed by atoms with E-state index in [9.17, 15) is 0 Å². The molecular formula is C18H15ClN8O. The number of halogens is 1. The van der Waals surface area contributed by atoms with Gasteiger partial charge in [-0.05, 0) is 37.1 Å². The summed E-state index contributed by atoms with van der Waals surface area (Å²) in [4.78, 5) is 4.28. The summed E-state index contributed by atoms with van der Waals surface area (Å²) in [7, 11) is 0. The summed E-state index contributed by atoms with van der Waals surface area (Å²) in [6.07, 6.45) is 4.67. The van der Waals surface area contributed by atoms with Crippen LogP contribution in [0.2, 0.25) is 5.28 Å². The van der Waals surface area contributed by atoms with Gasteiger partial charge in [0.25, 0.3) is 5.95 Å². The lowest BCUT2D eigenvalue weighted by Gasteiger charge is -2.09. The fourth-order valence-corrected chi connectivity index (χ4v) is 4.26. The van der Waals surface area contributed by atoms with Crippen LogP contribution in [-0.2, 0) is 4.74 Å². The third-order valence-corrected chi connectivity index (χ3v) is 5.70. The number of rotatable bonds is 2. The van der Waals surface area contributed by atoms with Crippen LogP contribution in [0.4, 0.5) is 0 Å². The summed E-state index contributed by atoms with van der Waals surface area (Å²) in [5, 5.41) is 18.8. The molecule has 0 radical (unpaired) electrons. The van der Waals surface area contributed by atoms with Gasteiger partial charge in [-0.2, -0.15) is 4.68 Å². The maximum atomic E-state index is 6.37. The third-order valence-electron chi connectivity index (χ3n) is 5.43. The van der Waals surface area contributed by atoms with E-state index in [4.69, 9.17) is 16.3 Å². The highest BCUT2D eigenvalue weighted by molar-refractivity contribution is 6.29. The van der Waals surface area contributed by atoms with E-state index in [0.717, 1.165) is 35.3 Å². The number of fused-ring (bicyclic) bond motifs is 6. The van der Waals surface area contributed by atoms with Crippen molar-refractivity contribution in [1.29, 1.82) is 0 Å². The third kappa shape index (κ3) is 2.08. The lowest BCUT2D eigenvalue weighted by atomic mass is 10.00. The predicted octanol–water partition coefficient (Wildman–Crippen LogP) is 2.66. The smallest absolute Gasteiger partial charge is 0.259 e. The first kappa shape index (κ1) is 16.0. The Bertz CT molecular complexity index is 1350. The number of aromatic nitrogens is 8. The Kier molecular flexibility index (Phi) is 3.27. The molecule has 0 saturated carbocycles. The van der Waals surface area contributed by atoms with Gasteiger partial charge in [0.15, 0.2) is 5.65 Å². The molecule has 1 aliphatic heterocycles. The molecule has 1 fully saturated rings. The Labute approximate surface area is 163 Å². The highest BCUT2D eigenvalue weighted by Crippen LogP contribution is 2.30. The Morgan fingerprint density at radius 3 is 2.89 bits per heavy atom. The molecule has 10 heteroatoms. The number of hydrogen-bond donors (Lipinski definition) is 0. The quantitative estimate of drug-likeness (QED) is 0.457. The van der Waals surface area contributed by atoms with Crippen LogP contribution in [0.15, 0.2) is 36.7 Å². The van der Waals surface area contributed by atoms with Crippen molar-refractivity contribution in [1.82, 2.24) is 39.0 Å². The summed E-state index contributed by atoms with van der Waals surface area (Å²) < 4.78 is 11.1. The number of nitrogens with zero attached hydrogens (tertiary/aromatic N) is 8. The molecule has 0 bridgehead atoms. The lowest BCUT2D eigenvalue weighted by molar-refractivity contribution is 0.118. The van der Waals surface area contributed by atoms with Gasteiger partial charge in [-0.25, -0.2) is 9.38 Å². The molecule has 0 spiro atoms. The van der Waals surface area contributed by atoms with E-state index in [1.54, 1.807) is 10.9 Å². The molecule has 1 aromatic carbocycles. The van der Waals surface area contributed by atoms with Crippen LogP contribution in [0.3, 0.4) is 0 Å². The minimum atomic E-state index is 0.129. The van der Waals surface area contributed by atoms with Crippen molar-refractivity contribution >= 4 is 33.8 Å². The topological polar surface area (TPSA) is 87.4 Å². The second kappa shape index (κ2) is 5.73. The SMILES string of the molecule is CC1OCCC1c1cn(-c2nnc3c4ccccc4n4c(Cl)ncc4n23)nn1. The minimum absolute atomic E-state index is 0.129. The standard InChI is InChI=1S/C18H15ClN8O/c1-10-11(6-7-28-10)13-9-25(24-21-13)18-23-22-16-12-4-2-3-5-14(12)26-15(27(16)18)8-20-17(26)19/h2-5,8-11H,6-7H2,1H3. The molecule has 0 N–H and O–H groups in total. The first-order valence-corrected chi connectivity index (χ1v) is 9.43. The van der Waals surface area contributed by atoms with Crippen LogP contribution >= 0.6 is 11.6 Å². The molecule has 0 amide bonds. The number of imidazole rings is 1. The molecular weight excluding hydrogens is 380 g/mol. The van der Waals surface area contributed by atoms with E-state index in [0.29, 0.717) is 16.9 Å². The molecule has 2 unspecified atom stereocenters. The second-order valence-electron chi connectivity index (χ2n) is 6.96. The maximum Gasteiger partial charge on any atom is 0.259 e. The summed E-state index contributed by atoms with van der Waals surface area (Å²) in [6, 6.07) is 7.89. The van der Waals surface area contributed by atoms with Gasteiger partial charge in [-0.15, -0.1) is 15.3 Å². The molecule has 140 valence electrons. The van der Waals surface area contributed by atoms with Crippen molar-refractivity contribution in [2.24, 2.45) is 0 Å². The van der Waals surface area contributed by atoms with Crippen LogP contribution in [0.25, 0.3) is 28.1 Å². The van der Waals surface area contributed by atoms with Gasteiger partial charge < -0.3 is 4.74 Å². The van der Waals surface area contributed by atoms with Crippen LogP contribution in [0, 0.1) is 0 Å². The molecule has 0 aliphatic carbocycles. The van der Waals surface area contributed by atoms with Crippen LogP contribution in [0.1, 0.15) is 25.0 Å². The molecule has 1 saturated heterocycles. The number of hydrogen-bond acceptors (Lipinski definition) is 6. The minimum Gasteiger partial charge on any atom is -0.378 e. The molecule has 1 aliphatic rings. The van der Waals surface area contributed by atoms with E-state index >= 15 is 0 Å². The van der Waals surface area contributed by atoms with Gasteiger partial charge >= 0.3 is 0 Å². The monoisotopic (exact) mass is 394 g/mol. The Balaban J connectivity index is 1.62. The molecule has 5 aromatic rings. The Morgan fingerprint density at radius 2 is 2.04 bits per heavy atom. The second-order valence-corrected chi connectivity index (χ2v) is 7.29. The zero-order chi connectivity index (χ0) is 18.8. The van der Waals surface area contributed by atoms with Crippen LogP contribution in [-0.4, -0.2) is 51.7 Å². The Hall–Kier alpha value is -3.04. The molecule has 5 heterocycles.